The van der Waals surface area contributed by atoms with Crippen LogP contribution in [-0.2, 0) is 16.0 Å². The number of fused-ring (bicyclic) bond motifs is 1. The number of carbonyl (C=O) groups excluding carboxylic acids is 1. The second-order valence-corrected chi connectivity index (χ2v) is 10.3. The van der Waals surface area contributed by atoms with Gasteiger partial charge in [0.1, 0.15) is 11.4 Å². The average molecular weight is 423 g/mol. The summed E-state index contributed by atoms with van der Waals surface area (Å²) in [6, 6.07) is 7.99. The van der Waals surface area contributed by atoms with Crippen molar-refractivity contribution in [3.8, 4) is 6.07 Å². The number of hydrogen-bond donors (Lipinski definition) is 0. The van der Waals surface area contributed by atoms with Gasteiger partial charge in [0.15, 0.2) is 0 Å². The van der Waals surface area contributed by atoms with E-state index in [9.17, 15) is 10.1 Å². The van der Waals surface area contributed by atoms with E-state index in [1.807, 2.05) is 43.9 Å². The van der Waals surface area contributed by atoms with Gasteiger partial charge < -0.3 is 18.9 Å². The van der Waals surface area contributed by atoms with E-state index in [4.69, 9.17) is 14.5 Å². The predicted molar refractivity (Wildman–Crippen MR) is 116 cm³/mol. The first-order valence-corrected chi connectivity index (χ1v) is 11.3. The molecule has 0 radical (unpaired) electrons. The number of amides is 1. The summed E-state index contributed by atoms with van der Waals surface area (Å²) in [6.45, 7) is 8.79. The lowest BCUT2D eigenvalue weighted by Gasteiger charge is -2.34. The number of imidazole rings is 1. The molecule has 5 rings (SSSR count). The van der Waals surface area contributed by atoms with Crippen LogP contribution in [0.5, 0.6) is 0 Å². The first kappa shape index (κ1) is 20.3. The molecule has 164 valence electrons. The molecule has 1 aromatic carbocycles. The van der Waals surface area contributed by atoms with Crippen molar-refractivity contribution in [3.63, 3.8) is 0 Å². The van der Waals surface area contributed by atoms with Gasteiger partial charge in [-0.25, -0.2) is 9.78 Å². The molecule has 7 heteroatoms. The molecule has 31 heavy (non-hydrogen) atoms. The molecular weight excluding hydrogens is 392 g/mol. The molecule has 3 fully saturated rings. The summed E-state index contributed by atoms with van der Waals surface area (Å²) in [6.07, 6.45) is 4.14. The number of piperidine rings is 1. The smallest absolute Gasteiger partial charge is 0.410 e. The fourth-order valence-corrected chi connectivity index (χ4v) is 5.03. The molecule has 2 saturated heterocycles. The first-order chi connectivity index (χ1) is 14.8. The van der Waals surface area contributed by atoms with Gasteiger partial charge in [0.2, 0.25) is 0 Å². The highest BCUT2D eigenvalue weighted by Gasteiger charge is 2.58. The van der Waals surface area contributed by atoms with Crippen LogP contribution in [0.25, 0.3) is 11.0 Å². The lowest BCUT2D eigenvalue weighted by Crippen LogP contribution is -2.42. The van der Waals surface area contributed by atoms with Gasteiger partial charge in [-0.15, -0.1) is 0 Å². The summed E-state index contributed by atoms with van der Waals surface area (Å²) in [4.78, 5) is 19.3. The van der Waals surface area contributed by atoms with Crippen molar-refractivity contribution in [3.05, 3.63) is 29.6 Å². The Morgan fingerprint density at radius 3 is 2.71 bits per heavy atom. The molecule has 7 nitrogen and oxygen atoms in total. The molecule has 0 bridgehead atoms. The fourth-order valence-electron chi connectivity index (χ4n) is 5.03. The number of aromatic nitrogens is 2. The summed E-state index contributed by atoms with van der Waals surface area (Å²) >= 11 is 0. The molecule has 1 aromatic heterocycles. The highest BCUT2D eigenvalue weighted by molar-refractivity contribution is 5.78. The zero-order valence-corrected chi connectivity index (χ0v) is 18.6. The van der Waals surface area contributed by atoms with E-state index >= 15 is 0 Å². The monoisotopic (exact) mass is 422 g/mol. The van der Waals surface area contributed by atoms with Crippen molar-refractivity contribution < 1.29 is 14.3 Å². The van der Waals surface area contributed by atoms with Gasteiger partial charge in [-0.05, 0) is 70.1 Å². The molecule has 2 atom stereocenters. The Hall–Kier alpha value is -2.59. The standard InChI is InChI=1S/C24H30N4O3/c1-23(2,3)31-22(29)27-9-7-24(8-10-27)13-18(24)21-26-19-5-4-16(14-25)12-20(19)28(21)15-17-6-11-30-17/h4-5,12,17-18H,6-11,13,15H2,1-3H3/t17-,18+/m1/s1. The van der Waals surface area contributed by atoms with Crippen molar-refractivity contribution in [2.75, 3.05) is 19.7 Å². The van der Waals surface area contributed by atoms with Crippen molar-refractivity contribution in [2.24, 2.45) is 5.41 Å². The normalized spacial score (nSPS) is 24.6. The van der Waals surface area contributed by atoms with Crippen LogP contribution in [-0.4, -0.2) is 51.9 Å². The van der Waals surface area contributed by atoms with E-state index in [1.54, 1.807) is 0 Å². The summed E-state index contributed by atoms with van der Waals surface area (Å²) in [7, 11) is 0. The molecular formula is C24H30N4O3. The van der Waals surface area contributed by atoms with Crippen molar-refractivity contribution >= 4 is 17.1 Å². The van der Waals surface area contributed by atoms with Crippen LogP contribution in [0.3, 0.4) is 0 Å². The van der Waals surface area contributed by atoms with E-state index < -0.39 is 5.60 Å². The molecule has 1 spiro atoms. The Bertz CT molecular complexity index is 1050. The summed E-state index contributed by atoms with van der Waals surface area (Å²) in [5.41, 5.74) is 2.38. The van der Waals surface area contributed by atoms with Crippen LogP contribution in [0.2, 0.25) is 0 Å². The summed E-state index contributed by atoms with van der Waals surface area (Å²) in [5.74, 6) is 1.51. The predicted octanol–water partition coefficient (Wildman–Crippen LogP) is 4.20. The number of benzene rings is 1. The van der Waals surface area contributed by atoms with Crippen LogP contribution in [0.4, 0.5) is 4.79 Å². The maximum Gasteiger partial charge on any atom is 0.410 e. The molecule has 1 amide bonds. The van der Waals surface area contributed by atoms with Gasteiger partial charge in [0.25, 0.3) is 0 Å². The van der Waals surface area contributed by atoms with Crippen LogP contribution in [0.15, 0.2) is 18.2 Å². The van der Waals surface area contributed by atoms with Gasteiger partial charge in [0, 0.05) is 25.6 Å². The zero-order chi connectivity index (χ0) is 21.8. The van der Waals surface area contributed by atoms with E-state index in [1.165, 1.54) is 0 Å². The molecule has 2 aliphatic heterocycles. The van der Waals surface area contributed by atoms with Crippen LogP contribution >= 0.6 is 0 Å². The number of ether oxygens (including phenoxy) is 2. The van der Waals surface area contributed by atoms with E-state index in [0.29, 0.717) is 11.5 Å². The minimum absolute atomic E-state index is 0.210. The van der Waals surface area contributed by atoms with Crippen molar-refractivity contribution in [1.29, 1.82) is 5.26 Å². The number of rotatable bonds is 3. The van der Waals surface area contributed by atoms with Gasteiger partial charge in [-0.3, -0.25) is 0 Å². The zero-order valence-electron chi connectivity index (χ0n) is 18.6. The quantitative estimate of drug-likeness (QED) is 0.740. The summed E-state index contributed by atoms with van der Waals surface area (Å²) < 4.78 is 13.6. The Balaban J connectivity index is 1.36. The molecule has 1 aliphatic carbocycles. The van der Waals surface area contributed by atoms with Gasteiger partial charge in [-0.2, -0.15) is 5.26 Å². The van der Waals surface area contributed by atoms with E-state index in [2.05, 4.69) is 10.6 Å². The number of nitriles is 1. The number of likely N-dealkylation sites (tertiary alicyclic amines) is 1. The highest BCUT2D eigenvalue weighted by atomic mass is 16.6. The lowest BCUT2D eigenvalue weighted by atomic mass is 9.90. The summed E-state index contributed by atoms with van der Waals surface area (Å²) in [5, 5.41) is 9.35. The third-order valence-corrected chi connectivity index (χ3v) is 7.00. The number of nitrogens with zero attached hydrogens (tertiary/aromatic N) is 4. The maximum atomic E-state index is 12.4. The fraction of sp³-hybridized carbons (Fsp3) is 0.625. The maximum absolute atomic E-state index is 12.4. The average Bonchev–Trinajstić information content (AvgIpc) is 3.25. The second-order valence-electron chi connectivity index (χ2n) is 10.3. The van der Waals surface area contributed by atoms with E-state index in [-0.39, 0.29) is 17.6 Å². The van der Waals surface area contributed by atoms with Gasteiger partial charge >= 0.3 is 6.09 Å². The molecule has 3 aliphatic rings. The largest absolute Gasteiger partial charge is 0.444 e. The topological polar surface area (TPSA) is 80.4 Å². The van der Waals surface area contributed by atoms with E-state index in [0.717, 1.165) is 68.8 Å². The third kappa shape index (κ3) is 3.78. The minimum atomic E-state index is -0.467. The Morgan fingerprint density at radius 2 is 2.10 bits per heavy atom. The van der Waals surface area contributed by atoms with Gasteiger partial charge in [-0.1, -0.05) is 0 Å². The van der Waals surface area contributed by atoms with Gasteiger partial charge in [0.05, 0.1) is 35.3 Å². The SMILES string of the molecule is CC(C)(C)OC(=O)N1CCC2(CC1)C[C@H]2c1nc2ccc(C#N)cc2n1C[C@H]1CCO1. The lowest BCUT2D eigenvalue weighted by molar-refractivity contribution is -0.0590. The number of hydrogen-bond acceptors (Lipinski definition) is 5. The number of carbonyl (C=O) groups is 1. The molecule has 3 heterocycles. The minimum Gasteiger partial charge on any atom is -0.444 e. The Morgan fingerprint density at radius 1 is 1.35 bits per heavy atom. The molecule has 0 unspecified atom stereocenters. The molecule has 0 N–H and O–H groups in total. The Labute approximate surface area is 182 Å². The molecule has 1 saturated carbocycles. The third-order valence-electron chi connectivity index (χ3n) is 7.00. The Kier molecular flexibility index (Phi) is 4.74. The van der Waals surface area contributed by atoms with Crippen LogP contribution < -0.4 is 0 Å². The van der Waals surface area contributed by atoms with Crippen molar-refractivity contribution in [1.82, 2.24) is 14.5 Å². The highest BCUT2D eigenvalue weighted by Crippen LogP contribution is 2.64. The first-order valence-electron chi connectivity index (χ1n) is 11.3. The second kappa shape index (κ2) is 7.23. The van der Waals surface area contributed by atoms with Crippen LogP contribution in [0.1, 0.15) is 63.8 Å². The van der Waals surface area contributed by atoms with Crippen molar-refractivity contribution in [2.45, 2.75) is 70.6 Å². The van der Waals surface area contributed by atoms with Crippen LogP contribution in [0, 0.1) is 16.7 Å². The molecule has 2 aromatic rings.